The minimum Gasteiger partial charge on any atom is -0.481 e. The SMILES string of the molecule is CCCCCCCCCCCCCCCCC=CNC(=O)CCC(=O)O. The molecule has 4 heteroatoms. The van der Waals surface area contributed by atoms with E-state index in [2.05, 4.69) is 12.2 Å². The highest BCUT2D eigenvalue weighted by molar-refractivity contribution is 5.81. The van der Waals surface area contributed by atoms with E-state index in [1.165, 1.54) is 83.5 Å². The van der Waals surface area contributed by atoms with Crippen molar-refractivity contribution in [1.82, 2.24) is 5.32 Å². The molecule has 0 rings (SSSR count). The molecule has 2 N–H and O–H groups in total. The molecule has 0 saturated heterocycles. The van der Waals surface area contributed by atoms with Gasteiger partial charge in [-0.15, -0.1) is 0 Å². The van der Waals surface area contributed by atoms with Gasteiger partial charge in [0.15, 0.2) is 0 Å². The monoisotopic (exact) mass is 367 g/mol. The smallest absolute Gasteiger partial charge is 0.303 e. The number of carboxylic acid groups (broad SMARTS) is 1. The van der Waals surface area contributed by atoms with E-state index in [0.29, 0.717) is 0 Å². The van der Waals surface area contributed by atoms with E-state index in [1.807, 2.05) is 6.08 Å². The van der Waals surface area contributed by atoms with Crippen molar-refractivity contribution < 1.29 is 14.7 Å². The first-order valence-electron chi connectivity index (χ1n) is 10.8. The number of allylic oxidation sites excluding steroid dienone is 1. The summed E-state index contributed by atoms with van der Waals surface area (Å²) >= 11 is 0. The summed E-state index contributed by atoms with van der Waals surface area (Å²) in [5.41, 5.74) is 0. The first-order valence-corrected chi connectivity index (χ1v) is 10.8. The van der Waals surface area contributed by atoms with Crippen molar-refractivity contribution in [3.63, 3.8) is 0 Å². The van der Waals surface area contributed by atoms with Crippen molar-refractivity contribution in [2.45, 2.75) is 116 Å². The molecular formula is C22H41NO3. The molecule has 0 unspecified atom stereocenters. The van der Waals surface area contributed by atoms with Gasteiger partial charge in [-0.2, -0.15) is 0 Å². The molecule has 0 spiro atoms. The largest absolute Gasteiger partial charge is 0.481 e. The van der Waals surface area contributed by atoms with E-state index in [4.69, 9.17) is 5.11 Å². The summed E-state index contributed by atoms with van der Waals surface area (Å²) in [5, 5.41) is 11.1. The van der Waals surface area contributed by atoms with Crippen molar-refractivity contribution in [2.75, 3.05) is 0 Å². The van der Waals surface area contributed by atoms with Crippen molar-refractivity contribution >= 4 is 11.9 Å². The van der Waals surface area contributed by atoms with E-state index >= 15 is 0 Å². The standard InChI is InChI=1S/C22H41NO3/c1-2-3-4-5-6-7-8-9-10-11-12-13-14-15-16-17-20-23-21(24)18-19-22(25)26/h17,20H,2-16,18-19H2,1H3,(H,23,24)(H,25,26). The van der Waals surface area contributed by atoms with Crippen LogP contribution in [0.4, 0.5) is 0 Å². The lowest BCUT2D eigenvalue weighted by molar-refractivity contribution is -0.138. The van der Waals surface area contributed by atoms with E-state index in [0.717, 1.165) is 12.8 Å². The molecule has 0 atom stereocenters. The Hall–Kier alpha value is -1.32. The number of carbonyl (C=O) groups is 2. The number of carboxylic acids is 1. The molecule has 26 heavy (non-hydrogen) atoms. The first kappa shape index (κ1) is 24.7. The molecule has 0 saturated carbocycles. The van der Waals surface area contributed by atoms with Gasteiger partial charge in [0.05, 0.1) is 6.42 Å². The second-order valence-corrected chi connectivity index (χ2v) is 7.25. The third kappa shape index (κ3) is 20.7. The zero-order valence-electron chi connectivity index (χ0n) is 16.9. The first-order chi connectivity index (χ1) is 12.7. The zero-order valence-corrected chi connectivity index (χ0v) is 16.9. The fourth-order valence-corrected chi connectivity index (χ4v) is 2.98. The van der Waals surface area contributed by atoms with Gasteiger partial charge in [0.25, 0.3) is 0 Å². The van der Waals surface area contributed by atoms with E-state index in [9.17, 15) is 9.59 Å². The summed E-state index contributed by atoms with van der Waals surface area (Å²) in [7, 11) is 0. The van der Waals surface area contributed by atoms with Gasteiger partial charge in [-0.1, -0.05) is 96.5 Å². The van der Waals surface area contributed by atoms with Gasteiger partial charge in [-0.3, -0.25) is 9.59 Å². The Morgan fingerprint density at radius 2 is 1.19 bits per heavy atom. The Bertz CT molecular complexity index is 366. The Morgan fingerprint density at radius 3 is 1.65 bits per heavy atom. The predicted molar refractivity (Wildman–Crippen MR) is 109 cm³/mol. The summed E-state index contributed by atoms with van der Waals surface area (Å²) < 4.78 is 0. The van der Waals surface area contributed by atoms with Crippen LogP contribution in [0.3, 0.4) is 0 Å². The van der Waals surface area contributed by atoms with Gasteiger partial charge in [0, 0.05) is 6.42 Å². The number of rotatable bonds is 19. The molecular weight excluding hydrogens is 326 g/mol. The van der Waals surface area contributed by atoms with Gasteiger partial charge >= 0.3 is 5.97 Å². The van der Waals surface area contributed by atoms with Gasteiger partial charge < -0.3 is 10.4 Å². The fourth-order valence-electron chi connectivity index (χ4n) is 2.98. The second-order valence-electron chi connectivity index (χ2n) is 7.25. The van der Waals surface area contributed by atoms with Gasteiger partial charge in [-0.25, -0.2) is 0 Å². The molecule has 0 radical (unpaired) electrons. The van der Waals surface area contributed by atoms with Crippen LogP contribution in [-0.4, -0.2) is 17.0 Å². The van der Waals surface area contributed by atoms with Gasteiger partial charge in [0.2, 0.25) is 5.91 Å². The Labute approximate surface area is 160 Å². The number of hydrogen-bond donors (Lipinski definition) is 2. The summed E-state index contributed by atoms with van der Waals surface area (Å²) in [4.78, 5) is 21.6. The van der Waals surface area contributed by atoms with Crippen LogP contribution in [0.5, 0.6) is 0 Å². The lowest BCUT2D eigenvalue weighted by atomic mass is 10.0. The number of carbonyl (C=O) groups excluding carboxylic acids is 1. The Balaban J connectivity index is 3.18. The molecule has 0 heterocycles. The average Bonchev–Trinajstić information content (AvgIpc) is 2.62. The molecule has 0 aliphatic rings. The van der Waals surface area contributed by atoms with Crippen molar-refractivity contribution in [3.05, 3.63) is 12.3 Å². The minimum absolute atomic E-state index is 0.0402. The summed E-state index contributed by atoms with van der Waals surface area (Å²) in [6, 6.07) is 0. The summed E-state index contributed by atoms with van der Waals surface area (Å²) in [6.45, 7) is 2.27. The van der Waals surface area contributed by atoms with Gasteiger partial charge in [0.1, 0.15) is 0 Å². The third-order valence-corrected chi connectivity index (χ3v) is 4.65. The van der Waals surface area contributed by atoms with Crippen LogP contribution in [0, 0.1) is 0 Å². The number of amides is 1. The van der Waals surface area contributed by atoms with Crippen LogP contribution < -0.4 is 5.32 Å². The van der Waals surface area contributed by atoms with E-state index < -0.39 is 5.97 Å². The molecule has 0 bridgehead atoms. The lowest BCUT2D eigenvalue weighted by Crippen LogP contribution is -2.17. The molecule has 0 aromatic rings. The number of nitrogens with one attached hydrogen (secondary N) is 1. The molecule has 4 nitrogen and oxygen atoms in total. The molecule has 0 aliphatic heterocycles. The molecule has 0 aliphatic carbocycles. The van der Waals surface area contributed by atoms with Crippen molar-refractivity contribution in [3.8, 4) is 0 Å². The van der Waals surface area contributed by atoms with E-state index in [1.54, 1.807) is 6.20 Å². The van der Waals surface area contributed by atoms with Crippen LogP contribution in [0.25, 0.3) is 0 Å². The number of unbranched alkanes of at least 4 members (excludes halogenated alkanes) is 14. The fraction of sp³-hybridized carbons (Fsp3) is 0.818. The summed E-state index contributed by atoms with van der Waals surface area (Å²) in [5.74, 6) is -1.17. The maximum atomic E-state index is 11.3. The third-order valence-electron chi connectivity index (χ3n) is 4.65. The summed E-state index contributed by atoms with van der Waals surface area (Å²) in [6.07, 6.45) is 23.5. The average molecular weight is 368 g/mol. The topological polar surface area (TPSA) is 66.4 Å². The minimum atomic E-state index is -0.938. The predicted octanol–water partition coefficient (Wildman–Crippen LogP) is 6.35. The molecule has 0 aromatic heterocycles. The van der Waals surface area contributed by atoms with Crippen LogP contribution in [0.1, 0.15) is 116 Å². The van der Waals surface area contributed by atoms with E-state index in [-0.39, 0.29) is 18.7 Å². The molecule has 0 aromatic carbocycles. The normalized spacial score (nSPS) is 11.1. The Kier molecular flexibility index (Phi) is 19.0. The highest BCUT2D eigenvalue weighted by Gasteiger charge is 2.02. The number of hydrogen-bond acceptors (Lipinski definition) is 2. The van der Waals surface area contributed by atoms with Crippen molar-refractivity contribution in [2.24, 2.45) is 0 Å². The molecule has 152 valence electrons. The zero-order chi connectivity index (χ0) is 19.3. The van der Waals surface area contributed by atoms with Crippen LogP contribution in [0.2, 0.25) is 0 Å². The van der Waals surface area contributed by atoms with Crippen LogP contribution in [0.15, 0.2) is 12.3 Å². The molecule has 1 amide bonds. The van der Waals surface area contributed by atoms with Crippen LogP contribution >= 0.6 is 0 Å². The maximum absolute atomic E-state index is 11.3. The lowest BCUT2D eigenvalue weighted by Gasteiger charge is -2.03. The quantitative estimate of drug-likeness (QED) is 0.261. The maximum Gasteiger partial charge on any atom is 0.303 e. The number of aliphatic carboxylic acids is 1. The molecule has 0 fully saturated rings. The highest BCUT2D eigenvalue weighted by Crippen LogP contribution is 2.13. The second kappa shape index (κ2) is 20.0. The Morgan fingerprint density at radius 1 is 0.731 bits per heavy atom. The van der Waals surface area contributed by atoms with Crippen LogP contribution in [-0.2, 0) is 9.59 Å². The van der Waals surface area contributed by atoms with Crippen molar-refractivity contribution in [1.29, 1.82) is 0 Å². The van der Waals surface area contributed by atoms with Gasteiger partial charge in [-0.05, 0) is 19.0 Å². The highest BCUT2D eigenvalue weighted by atomic mass is 16.4.